The highest BCUT2D eigenvalue weighted by Gasteiger charge is 2.23. The summed E-state index contributed by atoms with van der Waals surface area (Å²) in [4.78, 5) is 17.0. The first-order valence-corrected chi connectivity index (χ1v) is 5.27. The summed E-state index contributed by atoms with van der Waals surface area (Å²) in [5.41, 5.74) is 0. The van der Waals surface area contributed by atoms with Crippen molar-refractivity contribution in [3.05, 3.63) is 0 Å². The average Bonchev–Trinajstić information content (AvgIpc) is 1.64. The Morgan fingerprint density at radius 3 is 2.22 bits per heavy atom. The molecule has 0 heterocycles. The molecule has 5 heteroatoms. The Morgan fingerprint density at radius 1 is 1.67 bits per heavy atom. The molecule has 0 aliphatic heterocycles. The van der Waals surface area contributed by atoms with Crippen LogP contribution >= 0.6 is 23.5 Å². The minimum absolute atomic E-state index is 0.518. The van der Waals surface area contributed by atoms with E-state index in [9.17, 15) is 4.57 Å². The van der Waals surface area contributed by atoms with Gasteiger partial charge < -0.3 is 9.79 Å². The van der Waals surface area contributed by atoms with Gasteiger partial charge in [-0.25, -0.2) is 0 Å². The summed E-state index contributed by atoms with van der Waals surface area (Å²) in [6, 6.07) is 0. The molecule has 0 spiro atoms. The highest BCUT2D eigenvalue weighted by molar-refractivity contribution is 9.10. The third kappa shape index (κ3) is 4.09. The standard InChI is InChI=1S/C4H10BrO3P/c1-2-3-4(5)9(6,7)8/h4H,2-3H2,1H3,(H2,6,7,8). The largest absolute Gasteiger partial charge is 0.339 e. The molecular formula is C4H10BrO3P. The van der Waals surface area contributed by atoms with Crippen molar-refractivity contribution in [2.24, 2.45) is 0 Å². The lowest BCUT2D eigenvalue weighted by atomic mass is 10.4. The van der Waals surface area contributed by atoms with Crippen LogP contribution in [0.1, 0.15) is 19.8 Å². The Balaban J connectivity index is 3.74. The second-order valence-electron chi connectivity index (χ2n) is 1.81. The molecule has 0 saturated heterocycles. The Kier molecular flexibility index (Phi) is 3.97. The SMILES string of the molecule is CCCC(Br)P(=O)(O)O. The van der Waals surface area contributed by atoms with Gasteiger partial charge in [-0.05, 0) is 6.42 Å². The summed E-state index contributed by atoms with van der Waals surface area (Å²) in [7, 11) is -3.86. The van der Waals surface area contributed by atoms with Crippen LogP contribution in [0.25, 0.3) is 0 Å². The molecule has 0 aliphatic carbocycles. The minimum Gasteiger partial charge on any atom is -0.324 e. The predicted molar refractivity (Wildman–Crippen MR) is 39.7 cm³/mol. The van der Waals surface area contributed by atoms with Gasteiger partial charge in [0.05, 0.1) is 0 Å². The second kappa shape index (κ2) is 3.71. The fourth-order valence-corrected chi connectivity index (χ4v) is 1.46. The van der Waals surface area contributed by atoms with Gasteiger partial charge in [0.25, 0.3) is 0 Å². The first-order chi connectivity index (χ1) is 3.98. The van der Waals surface area contributed by atoms with Crippen molar-refractivity contribution >= 4 is 23.5 Å². The van der Waals surface area contributed by atoms with Crippen LogP contribution in [-0.4, -0.2) is 14.4 Å². The molecule has 56 valence electrons. The summed E-state index contributed by atoms with van der Waals surface area (Å²) in [6.07, 6.45) is 1.30. The zero-order valence-corrected chi connectivity index (χ0v) is 7.60. The van der Waals surface area contributed by atoms with E-state index < -0.39 is 12.2 Å². The zero-order chi connectivity index (χ0) is 7.49. The molecular weight excluding hydrogens is 207 g/mol. The molecule has 1 atom stereocenters. The molecule has 0 radical (unpaired) electrons. The van der Waals surface area contributed by atoms with E-state index in [1.54, 1.807) is 0 Å². The fraction of sp³-hybridized carbons (Fsp3) is 1.00. The van der Waals surface area contributed by atoms with E-state index in [0.717, 1.165) is 6.42 Å². The molecule has 1 unspecified atom stereocenters. The first-order valence-electron chi connectivity index (χ1n) is 2.67. The maximum absolute atomic E-state index is 10.4. The summed E-state index contributed by atoms with van der Waals surface area (Å²) >= 11 is 2.90. The number of hydrogen-bond acceptors (Lipinski definition) is 1. The monoisotopic (exact) mass is 216 g/mol. The van der Waals surface area contributed by atoms with Crippen LogP contribution in [-0.2, 0) is 4.57 Å². The van der Waals surface area contributed by atoms with Crippen LogP contribution in [0.4, 0.5) is 0 Å². The van der Waals surface area contributed by atoms with Gasteiger partial charge >= 0.3 is 7.60 Å². The molecule has 0 rings (SSSR count). The van der Waals surface area contributed by atoms with Gasteiger partial charge in [-0.1, -0.05) is 29.3 Å². The summed E-state index contributed by atoms with van der Waals surface area (Å²) in [6.45, 7) is 1.88. The highest BCUT2D eigenvalue weighted by atomic mass is 79.9. The molecule has 0 aromatic rings. The highest BCUT2D eigenvalue weighted by Crippen LogP contribution is 2.46. The van der Waals surface area contributed by atoms with Gasteiger partial charge in [0.2, 0.25) is 0 Å². The molecule has 3 nitrogen and oxygen atoms in total. The lowest BCUT2D eigenvalue weighted by Crippen LogP contribution is -1.96. The van der Waals surface area contributed by atoms with Gasteiger partial charge in [0.15, 0.2) is 0 Å². The first kappa shape index (κ1) is 9.63. The Hall–Kier alpha value is 0.630. The van der Waals surface area contributed by atoms with E-state index in [2.05, 4.69) is 15.9 Å². The zero-order valence-electron chi connectivity index (χ0n) is 5.12. The number of hydrogen-bond donors (Lipinski definition) is 2. The molecule has 0 fully saturated rings. The normalized spacial score (nSPS) is 15.6. The summed E-state index contributed by atoms with van der Waals surface area (Å²) in [5, 5.41) is 0. The molecule has 0 aromatic heterocycles. The van der Waals surface area contributed by atoms with Crippen LogP contribution < -0.4 is 0 Å². The molecule has 9 heavy (non-hydrogen) atoms. The van der Waals surface area contributed by atoms with Crippen LogP contribution in [0.5, 0.6) is 0 Å². The Morgan fingerprint density at radius 2 is 2.11 bits per heavy atom. The Bertz CT molecular complexity index is 121. The molecule has 0 amide bonds. The second-order valence-corrected chi connectivity index (χ2v) is 5.43. The van der Waals surface area contributed by atoms with Crippen LogP contribution in [0, 0.1) is 0 Å². The number of alkyl halides is 1. The molecule has 0 aromatic carbocycles. The van der Waals surface area contributed by atoms with Crippen LogP contribution in [0.15, 0.2) is 0 Å². The van der Waals surface area contributed by atoms with Gasteiger partial charge in [0, 0.05) is 0 Å². The van der Waals surface area contributed by atoms with Crippen molar-refractivity contribution in [1.82, 2.24) is 0 Å². The summed E-state index contributed by atoms with van der Waals surface area (Å²) < 4.78 is 9.71. The topological polar surface area (TPSA) is 57.5 Å². The van der Waals surface area contributed by atoms with Gasteiger partial charge in [-0.3, -0.25) is 4.57 Å². The van der Waals surface area contributed by atoms with E-state index in [4.69, 9.17) is 9.79 Å². The van der Waals surface area contributed by atoms with E-state index >= 15 is 0 Å². The molecule has 2 N–H and O–H groups in total. The van der Waals surface area contributed by atoms with Crippen molar-refractivity contribution in [2.75, 3.05) is 0 Å². The fourth-order valence-electron chi connectivity index (χ4n) is 0.406. The third-order valence-corrected chi connectivity index (χ3v) is 3.94. The van der Waals surface area contributed by atoms with Crippen molar-refractivity contribution in [3.8, 4) is 0 Å². The van der Waals surface area contributed by atoms with Crippen molar-refractivity contribution in [1.29, 1.82) is 0 Å². The number of rotatable bonds is 3. The lowest BCUT2D eigenvalue weighted by molar-refractivity contribution is 0.368. The quantitative estimate of drug-likeness (QED) is 0.558. The molecule has 0 saturated carbocycles. The van der Waals surface area contributed by atoms with E-state index in [-0.39, 0.29) is 0 Å². The van der Waals surface area contributed by atoms with Crippen LogP contribution in [0.3, 0.4) is 0 Å². The predicted octanol–water partition coefficient (Wildman–Crippen LogP) is 1.69. The van der Waals surface area contributed by atoms with Crippen molar-refractivity contribution < 1.29 is 14.4 Å². The maximum Gasteiger partial charge on any atom is 0.339 e. The molecule has 0 aliphatic rings. The van der Waals surface area contributed by atoms with Crippen molar-refractivity contribution in [3.63, 3.8) is 0 Å². The van der Waals surface area contributed by atoms with Gasteiger partial charge in [-0.15, -0.1) is 0 Å². The van der Waals surface area contributed by atoms with Crippen molar-refractivity contribution in [2.45, 2.75) is 24.3 Å². The third-order valence-electron chi connectivity index (χ3n) is 0.892. The van der Waals surface area contributed by atoms with E-state index in [1.807, 2.05) is 6.92 Å². The minimum atomic E-state index is -3.86. The van der Waals surface area contributed by atoms with Crippen LogP contribution in [0.2, 0.25) is 0 Å². The van der Waals surface area contributed by atoms with Gasteiger partial charge in [0.1, 0.15) is 4.57 Å². The smallest absolute Gasteiger partial charge is 0.324 e. The Labute approximate surface area is 62.8 Å². The lowest BCUT2D eigenvalue weighted by Gasteiger charge is -2.08. The van der Waals surface area contributed by atoms with Gasteiger partial charge in [-0.2, -0.15) is 0 Å². The number of halogens is 1. The summed E-state index contributed by atoms with van der Waals surface area (Å²) in [5.74, 6) is 0. The van der Waals surface area contributed by atoms with E-state index in [0.29, 0.717) is 6.42 Å². The molecule has 0 bridgehead atoms. The van der Waals surface area contributed by atoms with E-state index in [1.165, 1.54) is 0 Å². The maximum atomic E-state index is 10.4. The average molecular weight is 217 g/mol.